The van der Waals surface area contributed by atoms with Crippen LogP contribution in [0.4, 0.5) is 10.5 Å². The fraction of sp³-hybridized carbons (Fsp3) is 0.294. The van der Waals surface area contributed by atoms with E-state index in [0.717, 1.165) is 22.6 Å². The molecule has 42 heavy (non-hydrogen) atoms. The van der Waals surface area contributed by atoms with Gasteiger partial charge in [0.2, 0.25) is 5.91 Å². The second-order valence-corrected chi connectivity index (χ2v) is 10.6. The zero-order chi connectivity index (χ0) is 29.9. The molecule has 0 aliphatic carbocycles. The van der Waals surface area contributed by atoms with Gasteiger partial charge in [0.15, 0.2) is 0 Å². The van der Waals surface area contributed by atoms with Crippen molar-refractivity contribution in [2.45, 2.75) is 33.5 Å². The maximum absolute atomic E-state index is 14.0. The van der Waals surface area contributed by atoms with Gasteiger partial charge in [0, 0.05) is 31.5 Å². The number of benzene rings is 3. The first-order valence-corrected chi connectivity index (χ1v) is 14.1. The van der Waals surface area contributed by atoms with E-state index in [1.54, 1.807) is 31.3 Å². The van der Waals surface area contributed by atoms with Gasteiger partial charge < -0.3 is 29.2 Å². The minimum atomic E-state index is -0.345. The zero-order valence-electron chi connectivity index (χ0n) is 24.8. The van der Waals surface area contributed by atoms with Crippen LogP contribution in [-0.2, 0) is 24.4 Å². The summed E-state index contributed by atoms with van der Waals surface area (Å²) in [5.41, 5.74) is 3.67. The van der Waals surface area contributed by atoms with E-state index in [1.165, 1.54) is 0 Å². The third-order valence-corrected chi connectivity index (χ3v) is 6.88. The van der Waals surface area contributed by atoms with Crippen LogP contribution in [0.2, 0.25) is 0 Å². The summed E-state index contributed by atoms with van der Waals surface area (Å²) in [6, 6.07) is 28.8. The van der Waals surface area contributed by atoms with Gasteiger partial charge in [-0.25, -0.2) is 4.79 Å². The molecule has 1 aromatic heterocycles. The van der Waals surface area contributed by atoms with Crippen molar-refractivity contribution in [3.8, 4) is 11.5 Å². The number of aromatic nitrogens is 1. The van der Waals surface area contributed by atoms with Crippen LogP contribution in [-0.4, -0.2) is 53.6 Å². The summed E-state index contributed by atoms with van der Waals surface area (Å²) in [7, 11) is 3.22. The Labute approximate surface area is 248 Å². The van der Waals surface area contributed by atoms with Crippen molar-refractivity contribution in [3.05, 3.63) is 114 Å². The summed E-state index contributed by atoms with van der Waals surface area (Å²) in [5.74, 6) is 1.40. The van der Waals surface area contributed by atoms with E-state index in [0.29, 0.717) is 37.6 Å². The van der Waals surface area contributed by atoms with Crippen molar-refractivity contribution in [3.63, 3.8) is 0 Å². The highest BCUT2D eigenvalue weighted by molar-refractivity contribution is 5.93. The monoisotopic (exact) mass is 568 g/mol. The zero-order valence-corrected chi connectivity index (χ0v) is 24.8. The SMILES string of the molecule is COc1cccc(Cn2cccc2CN(Cc2ccccc2)C(=O)CN(CC(C)C)C(=O)Nc2ccccc2OC)c1. The van der Waals surface area contributed by atoms with E-state index in [2.05, 4.69) is 16.0 Å². The predicted octanol–water partition coefficient (Wildman–Crippen LogP) is 6.27. The molecule has 1 N–H and O–H groups in total. The Bertz CT molecular complexity index is 1450. The molecule has 8 nitrogen and oxygen atoms in total. The van der Waals surface area contributed by atoms with Gasteiger partial charge in [0.25, 0.3) is 0 Å². The molecule has 8 heteroatoms. The molecule has 0 fully saturated rings. The molecule has 0 radical (unpaired) electrons. The van der Waals surface area contributed by atoms with Gasteiger partial charge in [-0.2, -0.15) is 0 Å². The Morgan fingerprint density at radius 1 is 0.810 bits per heavy atom. The van der Waals surface area contributed by atoms with Gasteiger partial charge in [-0.05, 0) is 53.4 Å². The molecular weight excluding hydrogens is 528 g/mol. The van der Waals surface area contributed by atoms with Crippen LogP contribution in [0, 0.1) is 5.92 Å². The third-order valence-electron chi connectivity index (χ3n) is 6.88. The Kier molecular flexibility index (Phi) is 10.6. The minimum Gasteiger partial charge on any atom is -0.497 e. The van der Waals surface area contributed by atoms with Crippen LogP contribution in [0.3, 0.4) is 0 Å². The Morgan fingerprint density at radius 2 is 1.55 bits per heavy atom. The van der Waals surface area contributed by atoms with Crippen molar-refractivity contribution >= 4 is 17.6 Å². The molecule has 4 rings (SSSR count). The van der Waals surface area contributed by atoms with Crippen molar-refractivity contribution in [2.24, 2.45) is 5.92 Å². The number of hydrogen-bond acceptors (Lipinski definition) is 4. The first-order valence-electron chi connectivity index (χ1n) is 14.1. The summed E-state index contributed by atoms with van der Waals surface area (Å²) in [6.45, 7) is 5.90. The number of methoxy groups -OCH3 is 2. The number of rotatable bonds is 13. The Hall–Kier alpha value is -4.72. The van der Waals surface area contributed by atoms with Crippen LogP contribution < -0.4 is 14.8 Å². The van der Waals surface area contributed by atoms with Crippen LogP contribution in [0.25, 0.3) is 0 Å². The number of hydrogen-bond donors (Lipinski definition) is 1. The highest BCUT2D eigenvalue weighted by atomic mass is 16.5. The molecule has 220 valence electrons. The lowest BCUT2D eigenvalue weighted by molar-refractivity contribution is -0.133. The van der Waals surface area contributed by atoms with E-state index < -0.39 is 0 Å². The Balaban J connectivity index is 1.55. The normalized spacial score (nSPS) is 10.8. The number of amides is 3. The number of carbonyl (C=O) groups excluding carboxylic acids is 2. The first kappa shape index (κ1) is 30.2. The summed E-state index contributed by atoms with van der Waals surface area (Å²) in [5, 5.41) is 2.93. The quantitative estimate of drug-likeness (QED) is 0.206. The minimum absolute atomic E-state index is 0.0530. The summed E-state index contributed by atoms with van der Waals surface area (Å²) in [4.78, 5) is 30.8. The summed E-state index contributed by atoms with van der Waals surface area (Å²) < 4.78 is 12.9. The number of nitrogens with zero attached hydrogens (tertiary/aromatic N) is 3. The van der Waals surface area contributed by atoms with Gasteiger partial charge in [0.05, 0.1) is 26.5 Å². The molecule has 0 aliphatic heterocycles. The molecule has 0 bridgehead atoms. The highest BCUT2D eigenvalue weighted by Crippen LogP contribution is 2.24. The van der Waals surface area contributed by atoms with Crippen LogP contribution in [0.15, 0.2) is 97.2 Å². The molecule has 0 saturated carbocycles. The van der Waals surface area contributed by atoms with E-state index >= 15 is 0 Å². The smallest absolute Gasteiger partial charge is 0.322 e. The van der Waals surface area contributed by atoms with Crippen molar-refractivity contribution in [1.82, 2.24) is 14.4 Å². The van der Waals surface area contributed by atoms with E-state index in [9.17, 15) is 9.59 Å². The maximum atomic E-state index is 14.0. The van der Waals surface area contributed by atoms with E-state index in [4.69, 9.17) is 9.47 Å². The standard InChI is InChI=1S/C34H40N4O4/c1-26(2)21-38(34(40)35-31-17-8-9-18-32(31)42-4)25-33(39)37(22-27-12-6-5-7-13-27)24-29-15-11-19-36(29)23-28-14-10-16-30(20-28)41-3/h5-20,26H,21-25H2,1-4H3,(H,35,40). The fourth-order valence-electron chi connectivity index (χ4n) is 4.81. The molecule has 0 saturated heterocycles. The molecule has 0 aliphatic rings. The first-order chi connectivity index (χ1) is 20.4. The second-order valence-electron chi connectivity index (χ2n) is 10.6. The molecule has 4 aromatic rings. The predicted molar refractivity (Wildman–Crippen MR) is 166 cm³/mol. The van der Waals surface area contributed by atoms with Gasteiger partial charge in [-0.15, -0.1) is 0 Å². The largest absolute Gasteiger partial charge is 0.497 e. The number of urea groups is 1. The molecule has 0 atom stereocenters. The van der Waals surface area contributed by atoms with Gasteiger partial charge in [0.1, 0.15) is 18.0 Å². The van der Waals surface area contributed by atoms with Crippen molar-refractivity contribution in [2.75, 3.05) is 32.6 Å². The highest BCUT2D eigenvalue weighted by Gasteiger charge is 2.24. The van der Waals surface area contributed by atoms with Gasteiger partial charge in [-0.1, -0.05) is 68.4 Å². The maximum Gasteiger partial charge on any atom is 0.322 e. The average Bonchev–Trinajstić information content (AvgIpc) is 3.43. The van der Waals surface area contributed by atoms with Crippen molar-refractivity contribution < 1.29 is 19.1 Å². The topological polar surface area (TPSA) is 76.0 Å². The molecule has 1 heterocycles. The number of ether oxygens (including phenoxy) is 2. The Morgan fingerprint density at radius 3 is 2.29 bits per heavy atom. The summed E-state index contributed by atoms with van der Waals surface area (Å²) >= 11 is 0. The second kappa shape index (κ2) is 14.8. The number of carbonyl (C=O) groups is 2. The molecular formula is C34H40N4O4. The van der Waals surface area contributed by atoms with Crippen LogP contribution in [0.1, 0.15) is 30.7 Å². The lowest BCUT2D eigenvalue weighted by atomic mass is 10.2. The molecule has 0 spiro atoms. The van der Waals surface area contributed by atoms with Crippen molar-refractivity contribution in [1.29, 1.82) is 0 Å². The number of anilines is 1. The lowest BCUT2D eigenvalue weighted by Gasteiger charge is -2.29. The van der Waals surface area contributed by atoms with Crippen LogP contribution >= 0.6 is 0 Å². The lowest BCUT2D eigenvalue weighted by Crippen LogP contribution is -2.45. The molecule has 3 aromatic carbocycles. The van der Waals surface area contributed by atoms with E-state index in [1.807, 2.05) is 97.7 Å². The average molecular weight is 569 g/mol. The summed E-state index contributed by atoms with van der Waals surface area (Å²) in [6.07, 6.45) is 2.02. The third kappa shape index (κ3) is 8.39. The molecule has 0 unspecified atom stereocenters. The van der Waals surface area contributed by atoms with Gasteiger partial charge in [-0.3, -0.25) is 4.79 Å². The fourth-order valence-corrected chi connectivity index (χ4v) is 4.81. The van der Waals surface area contributed by atoms with Crippen LogP contribution in [0.5, 0.6) is 11.5 Å². The van der Waals surface area contributed by atoms with E-state index in [-0.39, 0.29) is 24.4 Å². The molecule has 3 amide bonds. The number of nitrogens with one attached hydrogen (secondary N) is 1. The number of para-hydroxylation sites is 2. The van der Waals surface area contributed by atoms with Gasteiger partial charge >= 0.3 is 6.03 Å².